The molecule has 0 atom stereocenters. The first-order valence-corrected chi connectivity index (χ1v) is 11.5. The molecule has 0 unspecified atom stereocenters. The van der Waals surface area contributed by atoms with Crippen LogP contribution in [0.1, 0.15) is 38.8 Å². The topological polar surface area (TPSA) is 84.9 Å². The molecule has 3 rings (SSSR count). The van der Waals surface area contributed by atoms with Crippen LogP contribution in [0.25, 0.3) is 6.08 Å². The van der Waals surface area contributed by atoms with Crippen molar-refractivity contribution in [1.82, 2.24) is 5.32 Å². The van der Waals surface area contributed by atoms with E-state index in [9.17, 15) is 14.4 Å². The quantitative estimate of drug-likeness (QED) is 0.308. The Bertz CT molecular complexity index is 1080. The molecular weight excluding hydrogens is 523 g/mol. The van der Waals surface area contributed by atoms with Gasteiger partial charge in [0, 0.05) is 0 Å². The summed E-state index contributed by atoms with van der Waals surface area (Å²) in [5.41, 5.74) is 1.92. The Morgan fingerprint density at radius 3 is 2.38 bits per heavy atom. The second kappa shape index (κ2) is 10.2. The van der Waals surface area contributed by atoms with Crippen molar-refractivity contribution in [3.63, 3.8) is 0 Å². The zero-order chi connectivity index (χ0) is 23.4. The summed E-state index contributed by atoms with van der Waals surface area (Å²) < 4.78 is 12.4. The van der Waals surface area contributed by atoms with Gasteiger partial charge in [0.05, 0.1) is 22.0 Å². The number of hydrogen-bond acceptors (Lipinski definition) is 5. The fourth-order valence-electron chi connectivity index (χ4n) is 3.22. The number of barbiturate groups is 1. The van der Waals surface area contributed by atoms with Crippen molar-refractivity contribution >= 4 is 52.2 Å². The van der Waals surface area contributed by atoms with E-state index < -0.39 is 17.8 Å². The Hall–Kier alpha value is -2.88. The fourth-order valence-corrected chi connectivity index (χ4v) is 3.98. The third kappa shape index (κ3) is 5.12. The Labute approximate surface area is 200 Å². The standard InChI is InChI=1S/C24H25IN2O5/c1-5-15-7-9-17(10-8-15)27-23(29)18(22(28)26-24(27)30)11-16-12-19(25)21(32-14(3)4)20(13-16)31-6-2/h7-14H,5-6H2,1-4H3,(H,26,28,30)/b18-11+. The summed E-state index contributed by atoms with van der Waals surface area (Å²) in [6.45, 7) is 8.15. The van der Waals surface area contributed by atoms with Crippen LogP contribution in [0.15, 0.2) is 42.0 Å². The molecule has 168 valence electrons. The Balaban J connectivity index is 2.01. The number of halogens is 1. The predicted octanol–water partition coefficient (Wildman–Crippen LogP) is 4.71. The van der Waals surface area contributed by atoms with E-state index >= 15 is 0 Å². The SMILES string of the molecule is CCOc1cc(/C=C2\C(=O)NC(=O)N(c3ccc(CC)cc3)C2=O)cc(I)c1OC(C)C. The Morgan fingerprint density at radius 1 is 1.09 bits per heavy atom. The summed E-state index contributed by atoms with van der Waals surface area (Å²) in [5, 5.41) is 2.25. The lowest BCUT2D eigenvalue weighted by atomic mass is 10.1. The maximum Gasteiger partial charge on any atom is 0.335 e. The van der Waals surface area contributed by atoms with Gasteiger partial charge in [-0.2, -0.15) is 0 Å². The molecule has 0 aliphatic carbocycles. The highest BCUT2D eigenvalue weighted by Crippen LogP contribution is 2.36. The van der Waals surface area contributed by atoms with E-state index in [1.165, 1.54) is 6.08 Å². The van der Waals surface area contributed by atoms with Crippen LogP contribution in [0.2, 0.25) is 0 Å². The molecule has 1 fully saturated rings. The number of anilines is 1. The van der Waals surface area contributed by atoms with Crippen LogP contribution in [0, 0.1) is 3.57 Å². The molecule has 0 radical (unpaired) electrons. The van der Waals surface area contributed by atoms with Gasteiger partial charge in [-0.1, -0.05) is 19.1 Å². The van der Waals surface area contributed by atoms with E-state index in [1.807, 2.05) is 39.8 Å². The molecule has 1 aliphatic heterocycles. The van der Waals surface area contributed by atoms with Gasteiger partial charge in [-0.15, -0.1) is 0 Å². The van der Waals surface area contributed by atoms with E-state index in [0.717, 1.165) is 20.5 Å². The average molecular weight is 548 g/mol. The number of imide groups is 2. The van der Waals surface area contributed by atoms with Crippen LogP contribution < -0.4 is 19.7 Å². The van der Waals surface area contributed by atoms with Crippen molar-refractivity contribution in [2.24, 2.45) is 0 Å². The second-order valence-electron chi connectivity index (χ2n) is 7.41. The zero-order valence-corrected chi connectivity index (χ0v) is 20.6. The molecule has 0 aromatic heterocycles. The van der Waals surface area contributed by atoms with E-state index in [-0.39, 0.29) is 11.7 Å². The minimum atomic E-state index is -0.772. The molecular formula is C24H25IN2O5. The van der Waals surface area contributed by atoms with Crippen molar-refractivity contribution < 1.29 is 23.9 Å². The summed E-state index contributed by atoms with van der Waals surface area (Å²) in [6.07, 6.45) is 2.25. The number of carbonyl (C=O) groups is 3. The van der Waals surface area contributed by atoms with Gasteiger partial charge in [0.1, 0.15) is 5.57 Å². The van der Waals surface area contributed by atoms with E-state index in [2.05, 4.69) is 27.9 Å². The van der Waals surface area contributed by atoms with Crippen molar-refractivity contribution in [3.05, 3.63) is 56.7 Å². The average Bonchev–Trinajstić information content (AvgIpc) is 2.74. The van der Waals surface area contributed by atoms with Crippen LogP contribution in [-0.2, 0) is 16.0 Å². The van der Waals surface area contributed by atoms with Gasteiger partial charge in [0.2, 0.25) is 0 Å². The van der Waals surface area contributed by atoms with Gasteiger partial charge in [0.15, 0.2) is 11.5 Å². The zero-order valence-electron chi connectivity index (χ0n) is 18.4. The predicted molar refractivity (Wildman–Crippen MR) is 131 cm³/mol. The Kier molecular flexibility index (Phi) is 7.55. The number of urea groups is 1. The maximum absolute atomic E-state index is 13.1. The highest BCUT2D eigenvalue weighted by atomic mass is 127. The lowest BCUT2D eigenvalue weighted by molar-refractivity contribution is -0.122. The molecule has 0 spiro atoms. The third-order valence-electron chi connectivity index (χ3n) is 4.70. The summed E-state index contributed by atoms with van der Waals surface area (Å²) in [6, 6.07) is 9.82. The molecule has 1 aliphatic rings. The van der Waals surface area contributed by atoms with E-state index in [1.54, 1.807) is 24.3 Å². The summed E-state index contributed by atoms with van der Waals surface area (Å²) in [7, 11) is 0. The first kappa shape index (κ1) is 23.8. The number of carbonyl (C=O) groups excluding carboxylic acids is 3. The van der Waals surface area contributed by atoms with Gasteiger partial charge in [0.25, 0.3) is 11.8 Å². The lowest BCUT2D eigenvalue weighted by Gasteiger charge is -2.26. The number of rotatable bonds is 7. The van der Waals surface area contributed by atoms with Crippen molar-refractivity contribution in [1.29, 1.82) is 0 Å². The van der Waals surface area contributed by atoms with Crippen LogP contribution in [0.4, 0.5) is 10.5 Å². The summed E-state index contributed by atoms with van der Waals surface area (Å²) in [5.74, 6) is -0.293. The number of nitrogens with one attached hydrogen (secondary N) is 1. The van der Waals surface area contributed by atoms with E-state index in [4.69, 9.17) is 9.47 Å². The molecule has 1 N–H and O–H groups in total. The van der Waals surface area contributed by atoms with Gasteiger partial charge < -0.3 is 9.47 Å². The van der Waals surface area contributed by atoms with Crippen LogP contribution in [0.3, 0.4) is 0 Å². The largest absolute Gasteiger partial charge is 0.490 e. The first-order chi connectivity index (χ1) is 15.2. The van der Waals surface area contributed by atoms with Crippen LogP contribution in [0.5, 0.6) is 11.5 Å². The van der Waals surface area contributed by atoms with Gasteiger partial charge in [-0.05, 0) is 91.3 Å². The van der Waals surface area contributed by atoms with Crippen LogP contribution in [-0.4, -0.2) is 30.6 Å². The molecule has 0 saturated carbocycles. The molecule has 4 amide bonds. The number of ether oxygens (including phenoxy) is 2. The number of aryl methyl sites for hydroxylation is 1. The Morgan fingerprint density at radius 2 is 1.78 bits per heavy atom. The number of benzene rings is 2. The molecule has 2 aromatic carbocycles. The monoisotopic (exact) mass is 548 g/mol. The molecule has 2 aromatic rings. The highest BCUT2D eigenvalue weighted by Gasteiger charge is 2.36. The third-order valence-corrected chi connectivity index (χ3v) is 5.50. The highest BCUT2D eigenvalue weighted by molar-refractivity contribution is 14.1. The smallest absolute Gasteiger partial charge is 0.335 e. The lowest BCUT2D eigenvalue weighted by Crippen LogP contribution is -2.54. The maximum atomic E-state index is 13.1. The molecule has 8 heteroatoms. The van der Waals surface area contributed by atoms with Crippen LogP contribution >= 0.6 is 22.6 Å². The summed E-state index contributed by atoms with van der Waals surface area (Å²) in [4.78, 5) is 39.0. The molecule has 32 heavy (non-hydrogen) atoms. The number of nitrogens with zero attached hydrogens (tertiary/aromatic N) is 1. The summed E-state index contributed by atoms with van der Waals surface area (Å²) >= 11 is 2.13. The number of hydrogen-bond donors (Lipinski definition) is 1. The first-order valence-electron chi connectivity index (χ1n) is 10.4. The van der Waals surface area contributed by atoms with Crippen molar-refractivity contribution in [3.8, 4) is 11.5 Å². The fraction of sp³-hybridized carbons (Fsp3) is 0.292. The van der Waals surface area contributed by atoms with Gasteiger partial charge >= 0.3 is 6.03 Å². The van der Waals surface area contributed by atoms with Crippen molar-refractivity contribution in [2.45, 2.75) is 40.2 Å². The molecule has 1 heterocycles. The molecule has 1 saturated heterocycles. The molecule has 7 nitrogen and oxygen atoms in total. The minimum Gasteiger partial charge on any atom is -0.490 e. The van der Waals surface area contributed by atoms with Crippen molar-refractivity contribution in [2.75, 3.05) is 11.5 Å². The van der Waals surface area contributed by atoms with Gasteiger partial charge in [-0.25, -0.2) is 9.69 Å². The normalized spacial score (nSPS) is 15.4. The second-order valence-corrected chi connectivity index (χ2v) is 8.57. The van der Waals surface area contributed by atoms with E-state index in [0.29, 0.717) is 29.4 Å². The minimum absolute atomic E-state index is 0.0451. The number of amides is 4. The molecule has 0 bridgehead atoms. The van der Waals surface area contributed by atoms with Gasteiger partial charge in [-0.3, -0.25) is 14.9 Å².